The summed E-state index contributed by atoms with van der Waals surface area (Å²) in [5, 5.41) is 5.64. The Morgan fingerprint density at radius 1 is 1.18 bits per heavy atom. The van der Waals surface area contributed by atoms with Gasteiger partial charge >= 0.3 is 0 Å². The third-order valence-electron chi connectivity index (χ3n) is 4.11. The minimum absolute atomic E-state index is 0.0290. The topological polar surface area (TPSA) is 58.2 Å². The van der Waals surface area contributed by atoms with Crippen LogP contribution in [0, 0.1) is 5.92 Å². The molecule has 0 aromatic heterocycles. The van der Waals surface area contributed by atoms with Crippen molar-refractivity contribution >= 4 is 17.9 Å². The summed E-state index contributed by atoms with van der Waals surface area (Å²) in [5.41, 5.74) is 0.957. The summed E-state index contributed by atoms with van der Waals surface area (Å²) in [6.45, 7) is 2.20. The number of amides is 2. The highest BCUT2D eigenvalue weighted by atomic mass is 16.2. The number of rotatable bonds is 5. The zero-order valence-corrected chi connectivity index (χ0v) is 13.0. The van der Waals surface area contributed by atoms with Crippen molar-refractivity contribution in [3.8, 4) is 0 Å². The van der Waals surface area contributed by atoms with Crippen molar-refractivity contribution in [1.82, 2.24) is 10.6 Å². The summed E-state index contributed by atoms with van der Waals surface area (Å²) in [4.78, 5) is 23.6. The van der Waals surface area contributed by atoms with Gasteiger partial charge in [-0.1, -0.05) is 50.1 Å². The highest BCUT2D eigenvalue weighted by Crippen LogP contribution is 2.23. The number of hydrogen-bond acceptors (Lipinski definition) is 2. The number of benzene rings is 1. The van der Waals surface area contributed by atoms with Crippen LogP contribution in [0.25, 0.3) is 6.08 Å². The Labute approximate surface area is 132 Å². The predicted octanol–water partition coefficient (Wildman–Crippen LogP) is 2.51. The molecule has 4 nitrogen and oxygen atoms in total. The van der Waals surface area contributed by atoms with Crippen molar-refractivity contribution in [3.63, 3.8) is 0 Å². The Morgan fingerprint density at radius 3 is 2.64 bits per heavy atom. The van der Waals surface area contributed by atoms with E-state index in [4.69, 9.17) is 0 Å². The summed E-state index contributed by atoms with van der Waals surface area (Å²) < 4.78 is 0. The highest BCUT2D eigenvalue weighted by Gasteiger charge is 2.22. The lowest BCUT2D eigenvalue weighted by atomic mass is 9.86. The van der Waals surface area contributed by atoms with Crippen LogP contribution in [0.15, 0.2) is 36.4 Å². The van der Waals surface area contributed by atoms with Crippen LogP contribution in [0.1, 0.15) is 38.2 Å². The van der Waals surface area contributed by atoms with Gasteiger partial charge in [0.1, 0.15) is 0 Å². The lowest BCUT2D eigenvalue weighted by Crippen LogP contribution is -2.45. The van der Waals surface area contributed by atoms with Gasteiger partial charge in [0.2, 0.25) is 11.8 Å². The van der Waals surface area contributed by atoms with E-state index < -0.39 is 0 Å². The molecule has 2 N–H and O–H groups in total. The smallest absolute Gasteiger partial charge is 0.244 e. The quantitative estimate of drug-likeness (QED) is 0.821. The third kappa shape index (κ3) is 5.35. The first-order valence-electron chi connectivity index (χ1n) is 7.95. The Bertz CT molecular complexity index is 525. The summed E-state index contributed by atoms with van der Waals surface area (Å²) in [5.74, 6) is 0.155. The van der Waals surface area contributed by atoms with E-state index in [1.54, 1.807) is 6.08 Å². The van der Waals surface area contributed by atoms with Gasteiger partial charge in [0.05, 0.1) is 6.54 Å². The first-order valence-corrected chi connectivity index (χ1v) is 7.95. The predicted molar refractivity (Wildman–Crippen MR) is 88.0 cm³/mol. The number of carbonyl (C=O) groups is 2. The first-order chi connectivity index (χ1) is 10.6. The van der Waals surface area contributed by atoms with E-state index in [-0.39, 0.29) is 24.4 Å². The van der Waals surface area contributed by atoms with Crippen LogP contribution in [-0.2, 0) is 9.59 Å². The van der Waals surface area contributed by atoms with Gasteiger partial charge in [0.15, 0.2) is 0 Å². The second-order valence-corrected chi connectivity index (χ2v) is 5.90. The van der Waals surface area contributed by atoms with Crippen LogP contribution in [-0.4, -0.2) is 24.4 Å². The van der Waals surface area contributed by atoms with Crippen LogP contribution in [0.2, 0.25) is 0 Å². The van der Waals surface area contributed by atoms with E-state index in [1.807, 2.05) is 30.3 Å². The van der Waals surface area contributed by atoms with Gasteiger partial charge in [-0.15, -0.1) is 0 Å². The molecule has 118 valence electrons. The van der Waals surface area contributed by atoms with Crippen molar-refractivity contribution in [3.05, 3.63) is 42.0 Å². The van der Waals surface area contributed by atoms with Gasteiger partial charge < -0.3 is 10.6 Å². The molecule has 1 fully saturated rings. The van der Waals surface area contributed by atoms with E-state index in [9.17, 15) is 9.59 Å². The number of nitrogens with one attached hydrogen (secondary N) is 2. The van der Waals surface area contributed by atoms with E-state index in [1.165, 1.54) is 18.9 Å². The van der Waals surface area contributed by atoms with E-state index in [2.05, 4.69) is 17.6 Å². The molecule has 0 unspecified atom stereocenters. The Kier molecular flexibility index (Phi) is 6.19. The molecule has 2 amide bonds. The minimum Gasteiger partial charge on any atom is -0.352 e. The van der Waals surface area contributed by atoms with Gasteiger partial charge in [-0.3, -0.25) is 9.59 Å². The van der Waals surface area contributed by atoms with Gasteiger partial charge in [0.25, 0.3) is 0 Å². The summed E-state index contributed by atoms with van der Waals surface area (Å²) in [6.07, 6.45) is 7.80. The Hall–Kier alpha value is -2.10. The lowest BCUT2D eigenvalue weighted by molar-refractivity contribution is -0.124. The average molecular weight is 300 g/mol. The lowest BCUT2D eigenvalue weighted by Gasteiger charge is -2.29. The van der Waals surface area contributed by atoms with Crippen LogP contribution in [0.3, 0.4) is 0 Å². The molecule has 0 bridgehead atoms. The van der Waals surface area contributed by atoms with Crippen molar-refractivity contribution < 1.29 is 9.59 Å². The molecule has 0 heterocycles. The molecule has 4 heteroatoms. The normalized spacial score (nSPS) is 21.5. The minimum atomic E-state index is -0.254. The van der Waals surface area contributed by atoms with Crippen LogP contribution in [0.5, 0.6) is 0 Å². The van der Waals surface area contributed by atoms with Crippen molar-refractivity contribution in [2.24, 2.45) is 5.92 Å². The fourth-order valence-electron chi connectivity index (χ4n) is 2.75. The van der Waals surface area contributed by atoms with Gasteiger partial charge in [-0.2, -0.15) is 0 Å². The standard InChI is InChI=1S/C18H24N2O2/c1-14-7-5-6-10-16(14)20-18(22)13-19-17(21)12-11-15-8-3-2-4-9-15/h2-4,8-9,11-12,14,16H,5-7,10,13H2,1H3,(H,19,21)(H,20,22)/b12-11+/t14-,16+/m0/s1. The second-order valence-electron chi connectivity index (χ2n) is 5.90. The molecule has 2 rings (SSSR count). The molecule has 0 saturated heterocycles. The largest absolute Gasteiger partial charge is 0.352 e. The van der Waals surface area contributed by atoms with Crippen molar-refractivity contribution in [1.29, 1.82) is 0 Å². The SMILES string of the molecule is C[C@H]1CCCC[C@H]1NC(=O)CNC(=O)/C=C/c1ccccc1. The van der Waals surface area contributed by atoms with E-state index in [0.717, 1.165) is 18.4 Å². The molecule has 1 aliphatic carbocycles. The number of carbonyl (C=O) groups excluding carboxylic acids is 2. The van der Waals surface area contributed by atoms with Crippen LogP contribution < -0.4 is 10.6 Å². The van der Waals surface area contributed by atoms with Gasteiger partial charge in [-0.05, 0) is 30.4 Å². The van der Waals surface area contributed by atoms with Crippen molar-refractivity contribution in [2.75, 3.05) is 6.54 Å². The monoisotopic (exact) mass is 300 g/mol. The van der Waals surface area contributed by atoms with Gasteiger partial charge in [-0.25, -0.2) is 0 Å². The first kappa shape index (κ1) is 16.3. The molecule has 1 aliphatic rings. The maximum Gasteiger partial charge on any atom is 0.244 e. The zero-order valence-electron chi connectivity index (χ0n) is 13.0. The highest BCUT2D eigenvalue weighted by molar-refractivity contribution is 5.94. The molecule has 1 aromatic rings. The van der Waals surface area contributed by atoms with Crippen LogP contribution in [0.4, 0.5) is 0 Å². The molecule has 22 heavy (non-hydrogen) atoms. The maximum absolute atomic E-state index is 11.9. The molecular weight excluding hydrogens is 276 g/mol. The maximum atomic E-state index is 11.9. The fraction of sp³-hybridized carbons (Fsp3) is 0.444. The number of hydrogen-bond donors (Lipinski definition) is 2. The van der Waals surface area contributed by atoms with Crippen LogP contribution >= 0.6 is 0 Å². The third-order valence-corrected chi connectivity index (χ3v) is 4.11. The molecule has 0 aliphatic heterocycles. The Morgan fingerprint density at radius 2 is 1.91 bits per heavy atom. The van der Waals surface area contributed by atoms with E-state index in [0.29, 0.717) is 5.92 Å². The molecule has 1 aromatic carbocycles. The molecule has 0 radical (unpaired) electrons. The molecule has 0 spiro atoms. The molecule has 1 saturated carbocycles. The Balaban J connectivity index is 1.71. The summed E-state index contributed by atoms with van der Waals surface area (Å²) in [6, 6.07) is 9.83. The van der Waals surface area contributed by atoms with Crippen molar-refractivity contribution in [2.45, 2.75) is 38.6 Å². The summed E-state index contributed by atoms with van der Waals surface area (Å²) in [7, 11) is 0. The fourth-order valence-corrected chi connectivity index (χ4v) is 2.75. The molecule has 2 atom stereocenters. The average Bonchev–Trinajstić information content (AvgIpc) is 2.54. The zero-order chi connectivity index (χ0) is 15.8. The molecular formula is C18H24N2O2. The second kappa shape index (κ2) is 8.37. The van der Waals surface area contributed by atoms with Gasteiger partial charge in [0, 0.05) is 12.1 Å². The van der Waals surface area contributed by atoms with E-state index >= 15 is 0 Å². The summed E-state index contributed by atoms with van der Waals surface area (Å²) >= 11 is 0.